The lowest BCUT2D eigenvalue weighted by Crippen LogP contribution is -2.31. The molecule has 0 spiro atoms. The van der Waals surface area contributed by atoms with E-state index in [2.05, 4.69) is 0 Å². The third-order valence-electron chi connectivity index (χ3n) is 2.47. The van der Waals surface area contributed by atoms with E-state index in [1.165, 1.54) is 17.4 Å². The quantitative estimate of drug-likeness (QED) is 0.602. The number of carbonyl (C=O) groups excluding carboxylic acids is 2. The molecule has 4 heteroatoms. The van der Waals surface area contributed by atoms with Crippen LogP contribution in [0, 0.1) is 0 Å². The lowest BCUT2D eigenvalue weighted by Gasteiger charge is -2.11. The second kappa shape index (κ2) is 2.02. The highest BCUT2D eigenvalue weighted by molar-refractivity contribution is 6.21. The van der Waals surface area contributed by atoms with Crippen LogP contribution in [0.1, 0.15) is 33.6 Å². The molecular formula is C9H7NO3. The number of imide groups is 1. The Labute approximate surface area is 74.1 Å². The first-order chi connectivity index (χ1) is 6.29. The molecule has 0 bridgehead atoms. The molecule has 1 aliphatic carbocycles. The molecule has 2 amide bonds. The molecule has 1 aliphatic heterocycles. The van der Waals surface area contributed by atoms with Gasteiger partial charge in [0.15, 0.2) is 0 Å². The minimum Gasteiger partial charge on any atom is -0.471 e. The van der Waals surface area contributed by atoms with Gasteiger partial charge in [-0.25, -0.2) is 0 Å². The zero-order valence-corrected chi connectivity index (χ0v) is 6.82. The highest BCUT2D eigenvalue weighted by atomic mass is 16.3. The van der Waals surface area contributed by atoms with Gasteiger partial charge in [0.1, 0.15) is 12.5 Å². The molecule has 0 unspecified atom stereocenters. The molecule has 2 aliphatic rings. The van der Waals surface area contributed by atoms with E-state index >= 15 is 0 Å². The number of carbonyl (C=O) groups is 2. The van der Waals surface area contributed by atoms with Crippen molar-refractivity contribution < 1.29 is 14.0 Å². The van der Waals surface area contributed by atoms with Crippen molar-refractivity contribution in [3.8, 4) is 0 Å². The molecule has 0 N–H and O–H groups in total. The van der Waals surface area contributed by atoms with Crippen LogP contribution in [0.15, 0.2) is 16.9 Å². The Kier molecular flexibility index (Phi) is 1.07. The van der Waals surface area contributed by atoms with Crippen molar-refractivity contribution >= 4 is 11.8 Å². The van der Waals surface area contributed by atoms with E-state index in [0.29, 0.717) is 11.1 Å². The Morgan fingerprint density at radius 3 is 2.15 bits per heavy atom. The second-order valence-corrected chi connectivity index (χ2v) is 3.41. The molecule has 2 heterocycles. The van der Waals surface area contributed by atoms with Crippen LogP contribution in [0.5, 0.6) is 0 Å². The van der Waals surface area contributed by atoms with Gasteiger partial charge in [0.05, 0.1) is 11.1 Å². The monoisotopic (exact) mass is 177 g/mol. The summed E-state index contributed by atoms with van der Waals surface area (Å²) >= 11 is 0. The first-order valence-electron chi connectivity index (χ1n) is 4.23. The maximum atomic E-state index is 11.6. The van der Waals surface area contributed by atoms with E-state index in [1.54, 1.807) is 0 Å². The summed E-state index contributed by atoms with van der Waals surface area (Å²) in [6, 6.07) is 0.146. The maximum absolute atomic E-state index is 11.6. The summed E-state index contributed by atoms with van der Waals surface area (Å²) < 4.78 is 4.81. The van der Waals surface area contributed by atoms with Gasteiger partial charge in [-0.2, -0.15) is 0 Å². The molecule has 1 aromatic heterocycles. The van der Waals surface area contributed by atoms with Crippen molar-refractivity contribution in [3.63, 3.8) is 0 Å². The van der Waals surface area contributed by atoms with Crippen molar-refractivity contribution in [3.05, 3.63) is 23.7 Å². The Morgan fingerprint density at radius 1 is 1.15 bits per heavy atom. The smallest absolute Gasteiger partial charge is 0.265 e. The topological polar surface area (TPSA) is 50.5 Å². The molecule has 0 radical (unpaired) electrons. The summed E-state index contributed by atoms with van der Waals surface area (Å²) in [6.07, 6.45) is 4.58. The highest BCUT2D eigenvalue weighted by Gasteiger charge is 2.45. The lowest BCUT2D eigenvalue weighted by molar-refractivity contribution is 0.0639. The van der Waals surface area contributed by atoms with Gasteiger partial charge in [0.25, 0.3) is 11.8 Å². The number of fused-ring (bicyclic) bond motifs is 1. The Bertz CT molecular complexity index is 372. The molecule has 66 valence electrons. The molecule has 1 fully saturated rings. The summed E-state index contributed by atoms with van der Waals surface area (Å²) in [6.45, 7) is 0. The Balaban J connectivity index is 2.10. The minimum atomic E-state index is -0.198. The van der Waals surface area contributed by atoms with Crippen LogP contribution in [-0.2, 0) is 0 Å². The predicted octanol–water partition coefficient (Wildman–Crippen LogP) is 1.04. The fourth-order valence-electron chi connectivity index (χ4n) is 1.64. The van der Waals surface area contributed by atoms with Crippen molar-refractivity contribution in [2.75, 3.05) is 0 Å². The summed E-state index contributed by atoms with van der Waals surface area (Å²) in [5, 5.41) is 0. The molecule has 0 saturated heterocycles. The molecular weight excluding hydrogens is 170 g/mol. The number of rotatable bonds is 1. The third-order valence-corrected chi connectivity index (χ3v) is 2.47. The maximum Gasteiger partial charge on any atom is 0.265 e. The van der Waals surface area contributed by atoms with E-state index in [9.17, 15) is 9.59 Å². The zero-order chi connectivity index (χ0) is 9.00. The van der Waals surface area contributed by atoms with Crippen molar-refractivity contribution in [2.24, 2.45) is 0 Å². The van der Waals surface area contributed by atoms with Crippen LogP contribution in [0.3, 0.4) is 0 Å². The zero-order valence-electron chi connectivity index (χ0n) is 6.82. The number of amides is 2. The summed E-state index contributed by atoms with van der Waals surface area (Å²) in [5.41, 5.74) is 0.828. The Morgan fingerprint density at radius 2 is 1.69 bits per heavy atom. The summed E-state index contributed by atoms with van der Waals surface area (Å²) in [5.74, 6) is -0.396. The normalized spacial score (nSPS) is 21.1. The van der Waals surface area contributed by atoms with Crippen molar-refractivity contribution in [1.82, 2.24) is 4.90 Å². The first-order valence-corrected chi connectivity index (χ1v) is 4.23. The van der Waals surface area contributed by atoms with Crippen molar-refractivity contribution in [2.45, 2.75) is 18.9 Å². The van der Waals surface area contributed by atoms with E-state index in [4.69, 9.17) is 4.42 Å². The average Bonchev–Trinajstić information content (AvgIpc) is 2.77. The second-order valence-electron chi connectivity index (χ2n) is 3.41. The molecule has 1 aromatic rings. The first kappa shape index (κ1) is 6.88. The molecule has 0 atom stereocenters. The Hall–Kier alpha value is -1.58. The highest BCUT2D eigenvalue weighted by Crippen LogP contribution is 2.34. The number of nitrogens with zero attached hydrogens (tertiary/aromatic N) is 1. The average molecular weight is 177 g/mol. The van der Waals surface area contributed by atoms with E-state index in [0.717, 1.165) is 12.8 Å². The fraction of sp³-hybridized carbons (Fsp3) is 0.333. The number of hydrogen-bond acceptors (Lipinski definition) is 3. The van der Waals surface area contributed by atoms with Gasteiger partial charge in [-0.3, -0.25) is 14.5 Å². The molecule has 1 saturated carbocycles. The van der Waals surface area contributed by atoms with E-state index in [1.807, 2.05) is 0 Å². The van der Waals surface area contributed by atoms with Crippen molar-refractivity contribution in [1.29, 1.82) is 0 Å². The molecule has 3 rings (SSSR count). The fourth-order valence-corrected chi connectivity index (χ4v) is 1.64. The molecule has 13 heavy (non-hydrogen) atoms. The SMILES string of the molecule is O=C1c2cocc2C(=O)N1C1CC1. The largest absolute Gasteiger partial charge is 0.471 e. The van der Waals surface area contributed by atoms with Crippen LogP contribution >= 0.6 is 0 Å². The lowest BCUT2D eigenvalue weighted by atomic mass is 10.2. The number of hydrogen-bond donors (Lipinski definition) is 0. The van der Waals surface area contributed by atoms with Crippen LogP contribution in [-0.4, -0.2) is 22.8 Å². The van der Waals surface area contributed by atoms with Gasteiger partial charge in [0, 0.05) is 6.04 Å². The van der Waals surface area contributed by atoms with E-state index in [-0.39, 0.29) is 17.9 Å². The predicted molar refractivity (Wildman–Crippen MR) is 42.2 cm³/mol. The summed E-state index contributed by atoms with van der Waals surface area (Å²) in [4.78, 5) is 24.5. The van der Waals surface area contributed by atoms with Gasteiger partial charge < -0.3 is 4.42 Å². The van der Waals surface area contributed by atoms with Crippen LogP contribution in [0.4, 0.5) is 0 Å². The van der Waals surface area contributed by atoms with Crippen LogP contribution in [0.2, 0.25) is 0 Å². The van der Waals surface area contributed by atoms with E-state index < -0.39 is 0 Å². The molecule has 4 nitrogen and oxygen atoms in total. The van der Waals surface area contributed by atoms with Crippen LogP contribution < -0.4 is 0 Å². The third kappa shape index (κ3) is 0.748. The van der Waals surface area contributed by atoms with Gasteiger partial charge in [-0.1, -0.05) is 0 Å². The van der Waals surface area contributed by atoms with Gasteiger partial charge in [0.2, 0.25) is 0 Å². The van der Waals surface area contributed by atoms with Gasteiger partial charge in [-0.05, 0) is 12.8 Å². The summed E-state index contributed by atoms with van der Waals surface area (Å²) in [7, 11) is 0. The van der Waals surface area contributed by atoms with Gasteiger partial charge >= 0.3 is 0 Å². The minimum absolute atomic E-state index is 0.146. The van der Waals surface area contributed by atoms with Crippen LogP contribution in [0.25, 0.3) is 0 Å². The molecule has 0 aromatic carbocycles. The number of furan rings is 1. The van der Waals surface area contributed by atoms with Gasteiger partial charge in [-0.15, -0.1) is 0 Å². The standard InChI is InChI=1S/C9H7NO3/c11-8-6-3-13-4-7(6)9(12)10(8)5-1-2-5/h3-5H,1-2H2.